The molecular weight excluding hydrogens is 428 g/mol. The minimum atomic E-state index is -1.00. The molecular formula is C26H26N6O2. The van der Waals surface area contributed by atoms with Gasteiger partial charge < -0.3 is 15.3 Å². The molecule has 1 saturated heterocycles. The van der Waals surface area contributed by atoms with E-state index in [9.17, 15) is 20.4 Å². The number of benzene rings is 2. The Balaban J connectivity index is 1.76. The minimum absolute atomic E-state index is 0.193. The van der Waals surface area contributed by atoms with Gasteiger partial charge in [0.05, 0.1) is 34.1 Å². The second-order valence-corrected chi connectivity index (χ2v) is 9.11. The van der Waals surface area contributed by atoms with E-state index < -0.39 is 5.97 Å². The molecule has 34 heavy (non-hydrogen) atoms. The number of nitrogens with zero attached hydrogens (tertiary/aromatic N) is 5. The lowest BCUT2D eigenvalue weighted by Gasteiger charge is -2.35. The summed E-state index contributed by atoms with van der Waals surface area (Å²) >= 11 is 0. The highest BCUT2D eigenvalue weighted by Crippen LogP contribution is 2.34. The lowest BCUT2D eigenvalue weighted by Crippen LogP contribution is -2.39. The number of anilines is 2. The summed E-state index contributed by atoms with van der Waals surface area (Å²) in [6.45, 7) is 7.12. The average molecular weight is 455 g/mol. The van der Waals surface area contributed by atoms with E-state index in [-0.39, 0.29) is 22.7 Å². The number of hydrogen-bond donors (Lipinski definition) is 2. The van der Waals surface area contributed by atoms with Gasteiger partial charge in [-0.15, -0.1) is 0 Å². The molecule has 0 bridgehead atoms. The molecule has 2 N–H and O–H groups in total. The summed E-state index contributed by atoms with van der Waals surface area (Å²) in [5.41, 5.74) is 3.73. The van der Waals surface area contributed by atoms with Crippen LogP contribution in [-0.4, -0.2) is 34.1 Å². The van der Waals surface area contributed by atoms with Crippen LogP contribution in [0.15, 0.2) is 36.4 Å². The van der Waals surface area contributed by atoms with Crippen molar-refractivity contribution in [2.75, 3.05) is 23.3 Å². The number of hydrogen-bond acceptors (Lipinski definition) is 7. The molecule has 1 aromatic heterocycles. The second kappa shape index (κ2) is 8.99. The van der Waals surface area contributed by atoms with Crippen molar-refractivity contribution >= 4 is 28.5 Å². The lowest BCUT2D eigenvalue weighted by molar-refractivity contribution is 0.0698. The topological polar surface area (TPSA) is 126 Å². The Hall–Kier alpha value is -4.17. The van der Waals surface area contributed by atoms with Gasteiger partial charge in [0.1, 0.15) is 6.07 Å². The highest BCUT2D eigenvalue weighted by Gasteiger charge is 2.32. The van der Waals surface area contributed by atoms with Crippen LogP contribution >= 0.6 is 0 Å². The highest BCUT2D eigenvalue weighted by atomic mass is 16.4. The molecule has 8 nitrogen and oxygen atoms in total. The number of aryl methyl sites for hydroxylation is 1. The summed E-state index contributed by atoms with van der Waals surface area (Å²) in [6, 6.07) is 15.0. The summed E-state index contributed by atoms with van der Waals surface area (Å²) in [4.78, 5) is 23.2. The van der Waals surface area contributed by atoms with Crippen LogP contribution in [0.4, 0.5) is 11.5 Å². The zero-order valence-corrected chi connectivity index (χ0v) is 19.5. The molecule has 1 atom stereocenters. The van der Waals surface area contributed by atoms with Crippen molar-refractivity contribution in [2.24, 2.45) is 5.41 Å². The minimum Gasteiger partial charge on any atom is -0.478 e. The molecule has 2 heterocycles. The number of carbonyl (C=O) groups is 1. The molecule has 0 spiro atoms. The number of aromatic nitrogens is 2. The zero-order chi connectivity index (χ0) is 24.5. The van der Waals surface area contributed by atoms with Crippen LogP contribution < -0.4 is 10.2 Å². The van der Waals surface area contributed by atoms with Crippen LogP contribution in [0.1, 0.15) is 59.9 Å². The predicted octanol–water partition coefficient (Wildman–Crippen LogP) is 4.81. The Bertz CT molecular complexity index is 1350. The van der Waals surface area contributed by atoms with Crippen LogP contribution in [0.5, 0.6) is 0 Å². The van der Waals surface area contributed by atoms with Crippen LogP contribution in [0.3, 0.4) is 0 Å². The highest BCUT2D eigenvalue weighted by molar-refractivity contribution is 5.94. The number of fused-ring (bicyclic) bond motifs is 1. The van der Waals surface area contributed by atoms with Gasteiger partial charge in [0.15, 0.2) is 11.5 Å². The van der Waals surface area contributed by atoms with Crippen molar-refractivity contribution < 1.29 is 9.90 Å². The smallest absolute Gasteiger partial charge is 0.337 e. The summed E-state index contributed by atoms with van der Waals surface area (Å²) in [5.74, 6) is -0.474. The van der Waals surface area contributed by atoms with Gasteiger partial charge >= 0.3 is 5.97 Å². The maximum absolute atomic E-state index is 11.6. The lowest BCUT2D eigenvalue weighted by atomic mass is 9.82. The van der Waals surface area contributed by atoms with Crippen molar-refractivity contribution in [3.05, 3.63) is 58.8 Å². The number of nitrogens with one attached hydrogen (secondary N) is 1. The zero-order valence-electron chi connectivity index (χ0n) is 19.5. The van der Waals surface area contributed by atoms with E-state index in [0.29, 0.717) is 48.5 Å². The van der Waals surface area contributed by atoms with Crippen molar-refractivity contribution in [2.45, 2.75) is 39.7 Å². The first-order valence-electron chi connectivity index (χ1n) is 11.2. The van der Waals surface area contributed by atoms with Gasteiger partial charge in [0.25, 0.3) is 0 Å². The fourth-order valence-corrected chi connectivity index (χ4v) is 4.38. The SMILES string of the molecule is Cc1cc([C@@H](C)Nc2ccccc2C(=O)O)c2nc(N3CCC(C)(C#N)CC3)c(C#N)nc2c1. The van der Waals surface area contributed by atoms with Gasteiger partial charge in [-0.05, 0) is 57.4 Å². The maximum atomic E-state index is 11.6. The van der Waals surface area contributed by atoms with E-state index in [1.165, 1.54) is 0 Å². The molecule has 1 aliphatic heterocycles. The van der Waals surface area contributed by atoms with Crippen molar-refractivity contribution in [1.29, 1.82) is 10.5 Å². The first kappa shape index (κ1) is 23.0. The fraction of sp³-hybridized carbons (Fsp3) is 0.346. The maximum Gasteiger partial charge on any atom is 0.337 e. The van der Waals surface area contributed by atoms with Crippen LogP contribution in [0, 0.1) is 35.0 Å². The normalized spacial score (nSPS) is 15.9. The van der Waals surface area contributed by atoms with Gasteiger partial charge in [-0.2, -0.15) is 10.5 Å². The molecule has 8 heteroatoms. The summed E-state index contributed by atoms with van der Waals surface area (Å²) in [5, 5.41) is 32.1. The third-order valence-corrected chi connectivity index (χ3v) is 6.46. The van der Waals surface area contributed by atoms with Crippen molar-refractivity contribution in [3.63, 3.8) is 0 Å². The average Bonchev–Trinajstić information content (AvgIpc) is 2.83. The standard InChI is InChI=1S/C26H26N6O2/c1-16-12-19(17(2)29-20-7-5-4-6-18(20)25(33)34)23-21(13-16)30-22(14-27)24(31-23)32-10-8-26(3,15-28)9-11-32/h4-7,12-13,17,29H,8-11H2,1-3H3,(H,33,34)/t17-/m1/s1. The van der Waals surface area contributed by atoms with E-state index in [0.717, 1.165) is 11.1 Å². The quantitative estimate of drug-likeness (QED) is 0.562. The van der Waals surface area contributed by atoms with Crippen molar-refractivity contribution in [1.82, 2.24) is 9.97 Å². The molecule has 0 amide bonds. The van der Waals surface area contributed by atoms with Gasteiger partial charge in [0, 0.05) is 24.3 Å². The van der Waals surface area contributed by atoms with E-state index in [1.807, 2.05) is 37.8 Å². The molecule has 0 aliphatic carbocycles. The summed E-state index contributed by atoms with van der Waals surface area (Å²) in [7, 11) is 0. The van der Waals surface area contributed by atoms with Crippen LogP contribution in [-0.2, 0) is 0 Å². The first-order valence-corrected chi connectivity index (χ1v) is 11.2. The number of rotatable bonds is 5. The molecule has 172 valence electrons. The van der Waals surface area contributed by atoms with Gasteiger partial charge in [-0.1, -0.05) is 18.2 Å². The summed E-state index contributed by atoms with van der Waals surface area (Å²) < 4.78 is 0. The molecule has 1 aliphatic rings. The van der Waals surface area contributed by atoms with E-state index in [4.69, 9.17) is 4.98 Å². The molecule has 4 rings (SSSR count). The fourth-order valence-electron chi connectivity index (χ4n) is 4.38. The number of aromatic carboxylic acids is 1. The first-order chi connectivity index (χ1) is 16.2. The largest absolute Gasteiger partial charge is 0.478 e. The van der Waals surface area contributed by atoms with Crippen LogP contribution in [0.2, 0.25) is 0 Å². The predicted molar refractivity (Wildman–Crippen MR) is 130 cm³/mol. The van der Waals surface area contributed by atoms with E-state index in [1.54, 1.807) is 24.3 Å². The second-order valence-electron chi connectivity index (χ2n) is 9.11. The van der Waals surface area contributed by atoms with E-state index >= 15 is 0 Å². The molecule has 0 unspecified atom stereocenters. The third kappa shape index (κ3) is 4.35. The van der Waals surface area contributed by atoms with E-state index in [2.05, 4.69) is 22.4 Å². The number of carboxylic acid groups (broad SMARTS) is 1. The van der Waals surface area contributed by atoms with Crippen LogP contribution in [0.25, 0.3) is 11.0 Å². The number of nitriles is 2. The van der Waals surface area contributed by atoms with Gasteiger partial charge in [0.2, 0.25) is 0 Å². The summed E-state index contributed by atoms with van der Waals surface area (Å²) in [6.07, 6.45) is 1.39. The third-order valence-electron chi connectivity index (χ3n) is 6.46. The molecule has 0 saturated carbocycles. The monoisotopic (exact) mass is 454 g/mol. The Morgan fingerprint density at radius 2 is 1.91 bits per heavy atom. The Morgan fingerprint density at radius 1 is 1.21 bits per heavy atom. The van der Waals surface area contributed by atoms with Gasteiger partial charge in [-0.25, -0.2) is 14.8 Å². The molecule has 1 fully saturated rings. The van der Waals surface area contributed by atoms with Gasteiger partial charge in [-0.3, -0.25) is 0 Å². The molecule has 0 radical (unpaired) electrons. The Morgan fingerprint density at radius 3 is 2.56 bits per heavy atom. The Labute approximate surface area is 198 Å². The Kier molecular flexibility index (Phi) is 6.08. The molecule has 2 aromatic carbocycles. The molecule has 3 aromatic rings. The number of para-hydroxylation sites is 1. The number of carboxylic acids is 1. The number of piperidine rings is 1. The van der Waals surface area contributed by atoms with Crippen molar-refractivity contribution in [3.8, 4) is 12.1 Å².